The fourth-order valence-corrected chi connectivity index (χ4v) is 4.05. The van der Waals surface area contributed by atoms with Gasteiger partial charge in [-0.25, -0.2) is 13.4 Å². The van der Waals surface area contributed by atoms with Crippen LogP contribution in [0.1, 0.15) is 25.7 Å². The van der Waals surface area contributed by atoms with E-state index >= 15 is 0 Å². The molecule has 8 heteroatoms. The lowest BCUT2D eigenvalue weighted by atomic mass is 10.2. The molecule has 0 unspecified atom stereocenters. The molecule has 1 heterocycles. The third-order valence-corrected chi connectivity index (χ3v) is 5.75. The highest BCUT2D eigenvalue weighted by molar-refractivity contribution is 7.92. The molecule has 0 saturated heterocycles. The van der Waals surface area contributed by atoms with Crippen LogP contribution in [0.25, 0.3) is 0 Å². The second-order valence-electron chi connectivity index (χ2n) is 6.18. The number of hydrogen-bond acceptors (Lipinski definition) is 6. The molecule has 2 aromatic rings. The molecule has 0 amide bonds. The highest BCUT2D eigenvalue weighted by Crippen LogP contribution is 2.30. The van der Waals surface area contributed by atoms with Crippen molar-refractivity contribution in [2.45, 2.75) is 36.6 Å². The van der Waals surface area contributed by atoms with Gasteiger partial charge in [0.1, 0.15) is 5.82 Å². The fourth-order valence-electron chi connectivity index (χ4n) is 3.03. The summed E-state index contributed by atoms with van der Waals surface area (Å²) in [6, 6.07) is 8.38. The number of hydrogen-bond donors (Lipinski definition) is 2. The first-order valence-corrected chi connectivity index (χ1v) is 9.97. The van der Waals surface area contributed by atoms with E-state index in [0.29, 0.717) is 17.5 Å². The molecule has 2 N–H and O–H groups in total. The Morgan fingerprint density at radius 3 is 2.38 bits per heavy atom. The number of sulfonamides is 1. The van der Waals surface area contributed by atoms with Gasteiger partial charge in [-0.05, 0) is 37.1 Å². The van der Waals surface area contributed by atoms with Gasteiger partial charge in [-0.15, -0.1) is 0 Å². The summed E-state index contributed by atoms with van der Waals surface area (Å²) in [6.45, 7) is 0. The summed E-state index contributed by atoms with van der Waals surface area (Å²) in [6.07, 6.45) is 6.45. The zero-order valence-electron chi connectivity index (χ0n) is 14.9. The SMILES string of the molecule is COc1ccc(S(=O)(=O)Nc2ccc(NC3CCCC3)cn2)cc1OC. The van der Waals surface area contributed by atoms with Crippen molar-refractivity contribution in [3.05, 3.63) is 36.5 Å². The van der Waals surface area contributed by atoms with Gasteiger partial charge in [0.05, 0.1) is 31.0 Å². The first-order chi connectivity index (χ1) is 12.5. The minimum atomic E-state index is -3.77. The molecule has 0 aliphatic heterocycles. The summed E-state index contributed by atoms with van der Waals surface area (Å²) in [4.78, 5) is 4.27. The zero-order valence-corrected chi connectivity index (χ0v) is 15.7. The molecule has 0 spiro atoms. The van der Waals surface area contributed by atoms with Crippen LogP contribution in [-0.4, -0.2) is 33.7 Å². The van der Waals surface area contributed by atoms with Crippen molar-refractivity contribution in [1.29, 1.82) is 0 Å². The van der Waals surface area contributed by atoms with Gasteiger partial charge in [0, 0.05) is 12.1 Å². The summed E-state index contributed by atoms with van der Waals surface area (Å²) in [5, 5.41) is 3.42. The highest BCUT2D eigenvalue weighted by atomic mass is 32.2. The number of aromatic nitrogens is 1. The molecule has 0 bridgehead atoms. The van der Waals surface area contributed by atoms with Crippen molar-refractivity contribution in [3.8, 4) is 11.5 Å². The zero-order chi connectivity index (χ0) is 18.6. The number of ether oxygens (including phenoxy) is 2. The van der Waals surface area contributed by atoms with E-state index in [9.17, 15) is 8.42 Å². The molecule has 0 radical (unpaired) electrons. The van der Waals surface area contributed by atoms with Crippen LogP contribution >= 0.6 is 0 Å². The van der Waals surface area contributed by atoms with Gasteiger partial charge in [-0.3, -0.25) is 4.72 Å². The maximum absolute atomic E-state index is 12.6. The summed E-state index contributed by atoms with van der Waals surface area (Å²) in [5.41, 5.74) is 0.894. The van der Waals surface area contributed by atoms with Crippen LogP contribution in [0.15, 0.2) is 41.4 Å². The number of rotatable bonds is 7. The molecule has 1 aliphatic rings. The fraction of sp³-hybridized carbons (Fsp3) is 0.389. The Labute approximate surface area is 153 Å². The van der Waals surface area contributed by atoms with E-state index in [-0.39, 0.29) is 10.7 Å². The van der Waals surface area contributed by atoms with Gasteiger partial charge in [0.15, 0.2) is 11.5 Å². The maximum Gasteiger partial charge on any atom is 0.263 e. The minimum absolute atomic E-state index is 0.0742. The Morgan fingerprint density at radius 2 is 1.77 bits per heavy atom. The molecule has 1 saturated carbocycles. The Hall–Kier alpha value is -2.48. The van der Waals surface area contributed by atoms with Crippen molar-refractivity contribution < 1.29 is 17.9 Å². The molecule has 26 heavy (non-hydrogen) atoms. The van der Waals surface area contributed by atoms with Crippen molar-refractivity contribution in [2.75, 3.05) is 24.3 Å². The van der Waals surface area contributed by atoms with Crippen LogP contribution in [-0.2, 0) is 10.0 Å². The molecule has 1 aliphatic carbocycles. The van der Waals surface area contributed by atoms with Crippen LogP contribution < -0.4 is 19.5 Å². The largest absolute Gasteiger partial charge is 0.493 e. The van der Waals surface area contributed by atoms with Gasteiger partial charge in [-0.2, -0.15) is 0 Å². The average Bonchev–Trinajstić information content (AvgIpc) is 3.15. The lowest BCUT2D eigenvalue weighted by Crippen LogP contribution is -2.16. The summed E-state index contributed by atoms with van der Waals surface area (Å²) in [5.74, 6) is 1.07. The molecule has 140 valence electrons. The Kier molecular flexibility index (Phi) is 5.51. The predicted molar refractivity (Wildman–Crippen MR) is 100 cm³/mol. The first kappa shape index (κ1) is 18.3. The van der Waals surface area contributed by atoms with Crippen molar-refractivity contribution in [3.63, 3.8) is 0 Å². The van der Waals surface area contributed by atoms with E-state index in [2.05, 4.69) is 15.0 Å². The topological polar surface area (TPSA) is 89.6 Å². The maximum atomic E-state index is 12.6. The Bertz CT molecular complexity index is 847. The third-order valence-electron chi connectivity index (χ3n) is 4.39. The van der Waals surface area contributed by atoms with Crippen LogP contribution in [0.4, 0.5) is 11.5 Å². The number of anilines is 2. The van der Waals surface area contributed by atoms with Gasteiger partial charge in [-0.1, -0.05) is 12.8 Å². The molecule has 1 fully saturated rings. The summed E-state index contributed by atoms with van der Waals surface area (Å²) in [7, 11) is -0.822. The van der Waals surface area contributed by atoms with E-state index in [1.807, 2.05) is 6.07 Å². The molecule has 1 aromatic heterocycles. The number of methoxy groups -OCH3 is 2. The van der Waals surface area contributed by atoms with Crippen molar-refractivity contribution >= 4 is 21.5 Å². The van der Waals surface area contributed by atoms with Crippen molar-refractivity contribution in [1.82, 2.24) is 4.98 Å². The van der Waals surface area contributed by atoms with Gasteiger partial charge in [0.2, 0.25) is 0 Å². The van der Waals surface area contributed by atoms with E-state index in [1.54, 1.807) is 18.3 Å². The van der Waals surface area contributed by atoms with Gasteiger partial charge in [0.25, 0.3) is 10.0 Å². The van der Waals surface area contributed by atoms with Crippen LogP contribution in [0.3, 0.4) is 0 Å². The highest BCUT2D eigenvalue weighted by Gasteiger charge is 2.18. The van der Waals surface area contributed by atoms with Crippen molar-refractivity contribution in [2.24, 2.45) is 0 Å². The van der Waals surface area contributed by atoms with Gasteiger partial charge < -0.3 is 14.8 Å². The number of nitrogens with one attached hydrogen (secondary N) is 2. The van der Waals surface area contributed by atoms with Crippen LogP contribution in [0.2, 0.25) is 0 Å². The van der Waals surface area contributed by atoms with E-state index in [1.165, 1.54) is 39.2 Å². The van der Waals surface area contributed by atoms with Crippen LogP contribution in [0, 0.1) is 0 Å². The predicted octanol–water partition coefficient (Wildman–Crippen LogP) is 3.25. The third kappa shape index (κ3) is 4.19. The number of benzene rings is 1. The first-order valence-electron chi connectivity index (χ1n) is 8.49. The van der Waals surface area contributed by atoms with E-state index in [0.717, 1.165) is 18.5 Å². The van der Waals surface area contributed by atoms with E-state index < -0.39 is 10.0 Å². The monoisotopic (exact) mass is 377 g/mol. The summed E-state index contributed by atoms with van der Waals surface area (Å²) >= 11 is 0. The molecule has 0 atom stereocenters. The quantitative estimate of drug-likeness (QED) is 0.770. The molecular weight excluding hydrogens is 354 g/mol. The molecule has 7 nitrogen and oxygen atoms in total. The standard InChI is InChI=1S/C18H23N3O4S/c1-24-16-9-8-15(11-17(16)25-2)26(22,23)21-18-10-7-14(12-19-18)20-13-5-3-4-6-13/h7-13,20H,3-6H2,1-2H3,(H,19,21). The summed E-state index contributed by atoms with van der Waals surface area (Å²) < 4.78 is 37.9. The van der Waals surface area contributed by atoms with E-state index in [4.69, 9.17) is 9.47 Å². The number of pyridine rings is 1. The van der Waals surface area contributed by atoms with Crippen LogP contribution in [0.5, 0.6) is 11.5 Å². The molecular formula is C18H23N3O4S. The lowest BCUT2D eigenvalue weighted by molar-refractivity contribution is 0.354. The molecule has 3 rings (SSSR count). The minimum Gasteiger partial charge on any atom is -0.493 e. The average molecular weight is 377 g/mol. The smallest absolute Gasteiger partial charge is 0.263 e. The second-order valence-corrected chi connectivity index (χ2v) is 7.86. The Morgan fingerprint density at radius 1 is 1.04 bits per heavy atom. The normalized spacial score (nSPS) is 14.8. The lowest BCUT2D eigenvalue weighted by Gasteiger charge is -2.14. The number of nitrogens with zero attached hydrogens (tertiary/aromatic N) is 1. The van der Waals surface area contributed by atoms with Gasteiger partial charge >= 0.3 is 0 Å². The Balaban J connectivity index is 1.72. The molecule has 1 aromatic carbocycles. The second kappa shape index (κ2) is 7.82.